The van der Waals surface area contributed by atoms with Crippen molar-refractivity contribution in [1.82, 2.24) is 9.97 Å². The maximum absolute atomic E-state index is 12.7. The van der Waals surface area contributed by atoms with E-state index >= 15 is 0 Å². The number of hydrogen-bond donors (Lipinski definition) is 2. The SMILES string of the molecule is COc1cc(OC)c2c(=O)[nH]c(-c3cc(C)c(OCCO)c(C)c3)nc2c1.O. The normalized spacial score (nSPS) is 10.5. The number of H-pyrrole nitrogens is 1. The van der Waals surface area contributed by atoms with Crippen LogP contribution in [0, 0.1) is 13.8 Å². The third kappa shape index (κ3) is 3.92. The van der Waals surface area contributed by atoms with Crippen LogP contribution < -0.4 is 19.8 Å². The van der Waals surface area contributed by atoms with E-state index in [-0.39, 0.29) is 24.2 Å². The molecule has 28 heavy (non-hydrogen) atoms. The molecule has 0 atom stereocenters. The lowest BCUT2D eigenvalue weighted by Gasteiger charge is -2.14. The number of hydrogen-bond acceptors (Lipinski definition) is 6. The van der Waals surface area contributed by atoms with Gasteiger partial charge in [-0.1, -0.05) is 0 Å². The van der Waals surface area contributed by atoms with Crippen LogP contribution in [0.1, 0.15) is 11.1 Å². The Kier molecular flexibility index (Phi) is 6.61. The third-order valence-corrected chi connectivity index (χ3v) is 4.27. The van der Waals surface area contributed by atoms with Crippen molar-refractivity contribution in [2.24, 2.45) is 0 Å². The maximum Gasteiger partial charge on any atom is 0.262 e. The zero-order valence-corrected chi connectivity index (χ0v) is 16.3. The zero-order chi connectivity index (χ0) is 19.6. The summed E-state index contributed by atoms with van der Waals surface area (Å²) in [6, 6.07) is 7.14. The van der Waals surface area contributed by atoms with Crippen LogP contribution >= 0.6 is 0 Å². The second kappa shape index (κ2) is 8.73. The van der Waals surface area contributed by atoms with Gasteiger partial charge in [-0.05, 0) is 37.1 Å². The minimum atomic E-state index is -0.287. The maximum atomic E-state index is 12.7. The van der Waals surface area contributed by atoms with Crippen molar-refractivity contribution >= 4 is 10.9 Å². The Morgan fingerprint density at radius 2 is 1.75 bits per heavy atom. The Balaban J connectivity index is 0.00000280. The summed E-state index contributed by atoms with van der Waals surface area (Å²) in [5.74, 6) is 2.13. The summed E-state index contributed by atoms with van der Waals surface area (Å²) in [6.07, 6.45) is 0. The molecule has 0 fully saturated rings. The predicted octanol–water partition coefficient (Wildman–Crippen LogP) is 1.77. The number of rotatable bonds is 6. The molecule has 8 nitrogen and oxygen atoms in total. The van der Waals surface area contributed by atoms with Crippen molar-refractivity contribution in [3.63, 3.8) is 0 Å². The minimum absolute atomic E-state index is 0. The smallest absolute Gasteiger partial charge is 0.262 e. The number of fused-ring (bicyclic) bond motifs is 1. The molecule has 1 aromatic heterocycles. The average molecular weight is 388 g/mol. The molecular weight excluding hydrogens is 364 g/mol. The van der Waals surface area contributed by atoms with Crippen LogP contribution in [0.25, 0.3) is 22.3 Å². The molecule has 0 aliphatic carbocycles. The molecule has 0 saturated heterocycles. The zero-order valence-electron chi connectivity index (χ0n) is 16.3. The molecule has 0 saturated carbocycles. The quantitative estimate of drug-likeness (QED) is 0.663. The van der Waals surface area contributed by atoms with Crippen LogP contribution in [-0.4, -0.2) is 48.0 Å². The first kappa shape index (κ1) is 21.2. The van der Waals surface area contributed by atoms with Gasteiger partial charge in [0.05, 0.1) is 26.3 Å². The predicted molar refractivity (Wildman–Crippen MR) is 107 cm³/mol. The number of methoxy groups -OCH3 is 2. The van der Waals surface area contributed by atoms with Crippen molar-refractivity contribution in [2.75, 3.05) is 27.4 Å². The molecule has 0 unspecified atom stereocenters. The van der Waals surface area contributed by atoms with Crippen LogP contribution in [0.4, 0.5) is 0 Å². The summed E-state index contributed by atoms with van der Waals surface area (Å²) in [7, 11) is 3.05. The molecule has 1 heterocycles. The van der Waals surface area contributed by atoms with E-state index in [0.717, 1.165) is 22.4 Å². The molecule has 2 aromatic carbocycles. The summed E-state index contributed by atoms with van der Waals surface area (Å²) in [5, 5.41) is 9.34. The van der Waals surface area contributed by atoms with E-state index in [9.17, 15) is 4.79 Å². The highest BCUT2D eigenvalue weighted by Crippen LogP contribution is 2.31. The molecule has 0 bridgehead atoms. The van der Waals surface area contributed by atoms with Gasteiger partial charge in [0, 0.05) is 17.7 Å². The fourth-order valence-electron chi connectivity index (χ4n) is 3.09. The van der Waals surface area contributed by atoms with E-state index in [1.54, 1.807) is 19.2 Å². The standard InChI is InChI=1S/C20H22N2O5.H2O/c1-11-7-13(8-12(2)18(11)27-6-5-23)19-21-15-9-14(25-3)10-16(26-4)17(15)20(24)22-19;/h7-10,23H,5-6H2,1-4H3,(H,21,22,24);1H2. The Bertz CT molecular complexity index is 1020. The largest absolute Gasteiger partial charge is 0.497 e. The van der Waals surface area contributed by atoms with E-state index in [1.165, 1.54) is 7.11 Å². The topological polar surface area (TPSA) is 125 Å². The van der Waals surface area contributed by atoms with E-state index in [2.05, 4.69) is 9.97 Å². The van der Waals surface area contributed by atoms with Gasteiger partial charge in [0.2, 0.25) is 0 Å². The van der Waals surface area contributed by atoms with Gasteiger partial charge in [0.1, 0.15) is 35.1 Å². The first-order chi connectivity index (χ1) is 13.0. The molecule has 3 aromatic rings. The summed E-state index contributed by atoms with van der Waals surface area (Å²) >= 11 is 0. The number of nitrogens with one attached hydrogen (secondary N) is 1. The summed E-state index contributed by atoms with van der Waals surface area (Å²) < 4.78 is 16.2. The fraction of sp³-hybridized carbons (Fsp3) is 0.300. The van der Waals surface area contributed by atoms with Crippen molar-refractivity contribution in [3.05, 3.63) is 45.7 Å². The molecule has 0 radical (unpaired) electrons. The lowest BCUT2D eigenvalue weighted by Crippen LogP contribution is -2.11. The van der Waals surface area contributed by atoms with Crippen LogP contribution in [0.5, 0.6) is 17.2 Å². The minimum Gasteiger partial charge on any atom is -0.497 e. The highest BCUT2D eigenvalue weighted by atomic mass is 16.5. The highest BCUT2D eigenvalue weighted by molar-refractivity contribution is 5.87. The molecule has 0 aliphatic rings. The number of nitrogens with zero attached hydrogens (tertiary/aromatic N) is 1. The van der Waals surface area contributed by atoms with Gasteiger partial charge in [-0.2, -0.15) is 0 Å². The van der Waals surface area contributed by atoms with Gasteiger partial charge in [0.15, 0.2) is 0 Å². The van der Waals surface area contributed by atoms with Crippen LogP contribution in [0.2, 0.25) is 0 Å². The van der Waals surface area contributed by atoms with Gasteiger partial charge in [0.25, 0.3) is 5.56 Å². The third-order valence-electron chi connectivity index (χ3n) is 4.27. The number of ether oxygens (including phenoxy) is 3. The second-order valence-corrected chi connectivity index (χ2v) is 6.15. The molecule has 3 rings (SSSR count). The molecule has 0 amide bonds. The van der Waals surface area contributed by atoms with Crippen molar-refractivity contribution in [3.8, 4) is 28.6 Å². The molecular formula is C20H24N2O6. The number of aliphatic hydroxyl groups is 1. The van der Waals surface area contributed by atoms with Gasteiger partial charge in [-0.3, -0.25) is 4.79 Å². The Labute approximate surface area is 162 Å². The van der Waals surface area contributed by atoms with E-state index < -0.39 is 0 Å². The number of aromatic nitrogens is 2. The fourth-order valence-corrected chi connectivity index (χ4v) is 3.09. The van der Waals surface area contributed by atoms with Crippen molar-refractivity contribution in [2.45, 2.75) is 13.8 Å². The number of benzene rings is 2. The first-order valence-electron chi connectivity index (χ1n) is 8.49. The van der Waals surface area contributed by atoms with Crippen molar-refractivity contribution < 1.29 is 24.8 Å². The lowest BCUT2D eigenvalue weighted by molar-refractivity contribution is 0.200. The van der Waals surface area contributed by atoms with Crippen LogP contribution in [0.15, 0.2) is 29.1 Å². The Morgan fingerprint density at radius 3 is 2.32 bits per heavy atom. The highest BCUT2D eigenvalue weighted by Gasteiger charge is 2.14. The van der Waals surface area contributed by atoms with Gasteiger partial charge in [-0.15, -0.1) is 0 Å². The summed E-state index contributed by atoms with van der Waals surface area (Å²) in [5.41, 5.74) is 2.75. The number of aromatic amines is 1. The molecule has 4 N–H and O–H groups in total. The van der Waals surface area contributed by atoms with Crippen LogP contribution in [-0.2, 0) is 0 Å². The molecule has 150 valence electrons. The summed E-state index contributed by atoms with van der Waals surface area (Å²) in [4.78, 5) is 20.1. The van der Waals surface area contributed by atoms with Gasteiger partial charge < -0.3 is 29.8 Å². The van der Waals surface area contributed by atoms with Gasteiger partial charge in [-0.25, -0.2) is 4.98 Å². The second-order valence-electron chi connectivity index (χ2n) is 6.15. The molecule has 8 heteroatoms. The van der Waals surface area contributed by atoms with E-state index in [1.807, 2.05) is 26.0 Å². The summed E-state index contributed by atoms with van der Waals surface area (Å²) in [6.45, 7) is 4.00. The van der Waals surface area contributed by atoms with Gasteiger partial charge >= 0.3 is 0 Å². The Hall–Kier alpha value is -3.10. The average Bonchev–Trinajstić information content (AvgIpc) is 2.66. The van der Waals surface area contributed by atoms with E-state index in [4.69, 9.17) is 19.3 Å². The molecule has 0 spiro atoms. The Morgan fingerprint density at radius 1 is 1.07 bits per heavy atom. The number of aliphatic hydroxyl groups excluding tert-OH is 1. The first-order valence-corrected chi connectivity index (χ1v) is 8.49. The van der Waals surface area contributed by atoms with Crippen LogP contribution in [0.3, 0.4) is 0 Å². The van der Waals surface area contributed by atoms with Crippen molar-refractivity contribution in [1.29, 1.82) is 0 Å². The lowest BCUT2D eigenvalue weighted by atomic mass is 10.0. The van der Waals surface area contributed by atoms with E-state index in [0.29, 0.717) is 28.2 Å². The monoisotopic (exact) mass is 388 g/mol. The molecule has 0 aliphatic heterocycles. The number of aryl methyl sites for hydroxylation is 2.